The first-order chi connectivity index (χ1) is 10.3. The van der Waals surface area contributed by atoms with Crippen LogP contribution in [0.15, 0.2) is 54.6 Å². The van der Waals surface area contributed by atoms with Crippen LogP contribution in [-0.2, 0) is 9.53 Å². The molecule has 1 unspecified atom stereocenters. The van der Waals surface area contributed by atoms with E-state index in [0.29, 0.717) is 12.4 Å². The fourth-order valence-electron chi connectivity index (χ4n) is 2.10. The number of carbonyl (C=O) groups is 1. The minimum atomic E-state index is -0.608. The Morgan fingerprint density at radius 3 is 2.43 bits per heavy atom. The SMILES string of the molecule is CCOC(=O)C(Nc1ccccc1)c1ccccc1OC. The Kier molecular flexibility index (Phi) is 5.21. The lowest BCUT2D eigenvalue weighted by atomic mass is 10.1. The molecule has 2 rings (SSSR count). The summed E-state index contributed by atoms with van der Waals surface area (Å²) in [6.45, 7) is 2.13. The quantitative estimate of drug-likeness (QED) is 0.826. The zero-order valence-electron chi connectivity index (χ0n) is 12.2. The summed E-state index contributed by atoms with van der Waals surface area (Å²) in [6.07, 6.45) is 0. The van der Waals surface area contributed by atoms with Gasteiger partial charge in [0, 0.05) is 11.3 Å². The van der Waals surface area contributed by atoms with Crippen molar-refractivity contribution < 1.29 is 14.3 Å². The van der Waals surface area contributed by atoms with E-state index < -0.39 is 6.04 Å². The lowest BCUT2D eigenvalue weighted by Crippen LogP contribution is -2.24. The Hall–Kier alpha value is -2.49. The Morgan fingerprint density at radius 1 is 1.10 bits per heavy atom. The first-order valence-corrected chi connectivity index (χ1v) is 6.87. The monoisotopic (exact) mass is 285 g/mol. The number of para-hydroxylation sites is 2. The molecule has 2 aromatic rings. The standard InChI is InChI=1S/C17H19NO3/c1-3-21-17(19)16(18-13-9-5-4-6-10-13)14-11-7-8-12-15(14)20-2/h4-12,16,18H,3H2,1-2H3. The number of nitrogens with one attached hydrogen (secondary N) is 1. The Morgan fingerprint density at radius 2 is 1.76 bits per heavy atom. The van der Waals surface area contributed by atoms with Gasteiger partial charge < -0.3 is 14.8 Å². The van der Waals surface area contributed by atoms with Gasteiger partial charge >= 0.3 is 5.97 Å². The van der Waals surface area contributed by atoms with Crippen molar-refractivity contribution in [3.8, 4) is 5.75 Å². The zero-order valence-corrected chi connectivity index (χ0v) is 12.2. The van der Waals surface area contributed by atoms with E-state index in [4.69, 9.17) is 9.47 Å². The molecule has 1 atom stereocenters. The first-order valence-electron chi connectivity index (χ1n) is 6.87. The van der Waals surface area contributed by atoms with Crippen molar-refractivity contribution in [2.75, 3.05) is 19.0 Å². The van der Waals surface area contributed by atoms with E-state index in [0.717, 1.165) is 11.3 Å². The predicted molar refractivity (Wildman–Crippen MR) is 82.4 cm³/mol. The van der Waals surface area contributed by atoms with Crippen LogP contribution in [0.5, 0.6) is 5.75 Å². The molecule has 2 aromatic carbocycles. The summed E-state index contributed by atoms with van der Waals surface area (Å²) in [5.74, 6) is 0.324. The summed E-state index contributed by atoms with van der Waals surface area (Å²) in [5, 5.41) is 3.20. The molecule has 4 heteroatoms. The van der Waals surface area contributed by atoms with Crippen molar-refractivity contribution in [2.45, 2.75) is 13.0 Å². The molecule has 1 N–H and O–H groups in total. The highest BCUT2D eigenvalue weighted by atomic mass is 16.5. The summed E-state index contributed by atoms with van der Waals surface area (Å²) >= 11 is 0. The number of benzene rings is 2. The van der Waals surface area contributed by atoms with Gasteiger partial charge in [0.25, 0.3) is 0 Å². The van der Waals surface area contributed by atoms with Gasteiger partial charge in [0.2, 0.25) is 0 Å². The van der Waals surface area contributed by atoms with Gasteiger partial charge in [-0.15, -0.1) is 0 Å². The number of ether oxygens (including phenoxy) is 2. The molecule has 0 fully saturated rings. The maximum atomic E-state index is 12.3. The van der Waals surface area contributed by atoms with Gasteiger partial charge in [-0.25, -0.2) is 4.79 Å². The Labute approximate surface area is 124 Å². The average molecular weight is 285 g/mol. The largest absolute Gasteiger partial charge is 0.496 e. The highest BCUT2D eigenvalue weighted by Gasteiger charge is 2.24. The highest BCUT2D eigenvalue weighted by Crippen LogP contribution is 2.28. The molecular formula is C17H19NO3. The molecular weight excluding hydrogens is 266 g/mol. The van der Waals surface area contributed by atoms with Gasteiger partial charge in [-0.3, -0.25) is 0 Å². The first kappa shape index (κ1) is 14.9. The van der Waals surface area contributed by atoms with Crippen molar-refractivity contribution in [1.82, 2.24) is 0 Å². The lowest BCUT2D eigenvalue weighted by Gasteiger charge is -2.20. The van der Waals surface area contributed by atoms with E-state index in [-0.39, 0.29) is 5.97 Å². The van der Waals surface area contributed by atoms with E-state index in [1.807, 2.05) is 54.6 Å². The number of rotatable bonds is 6. The van der Waals surface area contributed by atoms with Crippen LogP contribution in [-0.4, -0.2) is 19.7 Å². The summed E-state index contributed by atoms with van der Waals surface area (Å²) in [6, 6.07) is 16.4. The van der Waals surface area contributed by atoms with E-state index in [2.05, 4.69) is 5.32 Å². The van der Waals surface area contributed by atoms with Gasteiger partial charge in [0.15, 0.2) is 6.04 Å². The van der Waals surface area contributed by atoms with Gasteiger partial charge in [0.1, 0.15) is 5.75 Å². The minimum Gasteiger partial charge on any atom is -0.496 e. The summed E-state index contributed by atoms with van der Waals surface area (Å²) in [4.78, 5) is 12.3. The van der Waals surface area contributed by atoms with Crippen LogP contribution in [0, 0.1) is 0 Å². The smallest absolute Gasteiger partial charge is 0.333 e. The number of hydrogen-bond donors (Lipinski definition) is 1. The van der Waals surface area contributed by atoms with E-state index >= 15 is 0 Å². The van der Waals surface area contributed by atoms with Crippen LogP contribution >= 0.6 is 0 Å². The maximum Gasteiger partial charge on any atom is 0.333 e. The van der Waals surface area contributed by atoms with Crippen molar-refractivity contribution >= 4 is 11.7 Å². The summed E-state index contributed by atoms with van der Waals surface area (Å²) < 4.78 is 10.5. The van der Waals surface area contributed by atoms with Gasteiger partial charge in [0.05, 0.1) is 13.7 Å². The molecule has 0 aliphatic rings. The molecule has 0 amide bonds. The Balaban J connectivity index is 2.34. The van der Waals surface area contributed by atoms with Crippen LogP contribution in [0.1, 0.15) is 18.5 Å². The van der Waals surface area contributed by atoms with Crippen molar-refractivity contribution in [1.29, 1.82) is 0 Å². The molecule has 4 nitrogen and oxygen atoms in total. The van der Waals surface area contributed by atoms with Crippen LogP contribution in [0.3, 0.4) is 0 Å². The molecule has 21 heavy (non-hydrogen) atoms. The lowest BCUT2D eigenvalue weighted by molar-refractivity contribution is -0.144. The van der Waals surface area contributed by atoms with Gasteiger partial charge in [-0.05, 0) is 25.1 Å². The second-order valence-corrected chi connectivity index (χ2v) is 4.44. The number of carbonyl (C=O) groups excluding carboxylic acids is 1. The molecule has 110 valence electrons. The summed E-state index contributed by atoms with van der Waals surface area (Å²) in [7, 11) is 1.59. The van der Waals surface area contributed by atoms with E-state index in [1.165, 1.54) is 0 Å². The second kappa shape index (κ2) is 7.33. The van der Waals surface area contributed by atoms with E-state index in [9.17, 15) is 4.79 Å². The molecule has 0 heterocycles. The second-order valence-electron chi connectivity index (χ2n) is 4.44. The molecule has 0 aliphatic heterocycles. The third-order valence-corrected chi connectivity index (χ3v) is 3.06. The molecule has 0 bridgehead atoms. The Bertz CT molecular complexity index is 584. The number of hydrogen-bond acceptors (Lipinski definition) is 4. The van der Waals surface area contributed by atoms with Crippen LogP contribution < -0.4 is 10.1 Å². The maximum absolute atomic E-state index is 12.3. The molecule has 0 spiro atoms. The summed E-state index contributed by atoms with van der Waals surface area (Å²) in [5.41, 5.74) is 1.60. The molecule has 0 aromatic heterocycles. The number of anilines is 1. The van der Waals surface area contributed by atoms with Crippen molar-refractivity contribution in [3.05, 3.63) is 60.2 Å². The van der Waals surface area contributed by atoms with Gasteiger partial charge in [-0.2, -0.15) is 0 Å². The number of esters is 1. The van der Waals surface area contributed by atoms with Crippen LogP contribution in [0.4, 0.5) is 5.69 Å². The fraction of sp³-hybridized carbons (Fsp3) is 0.235. The third-order valence-electron chi connectivity index (χ3n) is 3.06. The molecule has 0 saturated carbocycles. The fourth-order valence-corrected chi connectivity index (χ4v) is 2.10. The normalized spacial score (nSPS) is 11.5. The zero-order chi connectivity index (χ0) is 15.1. The van der Waals surface area contributed by atoms with Crippen molar-refractivity contribution in [2.24, 2.45) is 0 Å². The van der Waals surface area contributed by atoms with Crippen molar-refractivity contribution in [3.63, 3.8) is 0 Å². The van der Waals surface area contributed by atoms with Crippen LogP contribution in [0.2, 0.25) is 0 Å². The molecule has 0 saturated heterocycles. The topological polar surface area (TPSA) is 47.6 Å². The molecule has 0 radical (unpaired) electrons. The van der Waals surface area contributed by atoms with E-state index in [1.54, 1.807) is 14.0 Å². The van der Waals surface area contributed by atoms with Gasteiger partial charge in [-0.1, -0.05) is 36.4 Å². The third kappa shape index (κ3) is 3.75. The molecule has 0 aliphatic carbocycles. The van der Waals surface area contributed by atoms with Crippen LogP contribution in [0.25, 0.3) is 0 Å². The predicted octanol–water partition coefficient (Wildman–Crippen LogP) is 3.41. The minimum absolute atomic E-state index is 0.328. The average Bonchev–Trinajstić information content (AvgIpc) is 2.54. The highest BCUT2D eigenvalue weighted by molar-refractivity contribution is 5.82. The number of methoxy groups -OCH3 is 1.